The Balaban J connectivity index is 2.20. The molecule has 1 unspecified atom stereocenters. The van der Waals surface area contributed by atoms with Gasteiger partial charge in [-0.1, -0.05) is 50.3 Å². The Bertz CT molecular complexity index is 746. The molecule has 28 heavy (non-hydrogen) atoms. The van der Waals surface area contributed by atoms with Gasteiger partial charge in [-0.25, -0.2) is 9.69 Å². The fourth-order valence-electron chi connectivity index (χ4n) is 3.04. The van der Waals surface area contributed by atoms with Gasteiger partial charge in [0.25, 0.3) is 5.91 Å². The maximum Gasteiger partial charge on any atom is 0.417 e. The smallest absolute Gasteiger partial charge is 0.417 e. The van der Waals surface area contributed by atoms with E-state index in [1.165, 1.54) is 0 Å². The van der Waals surface area contributed by atoms with Gasteiger partial charge in [0.15, 0.2) is 0 Å². The fourth-order valence-corrected chi connectivity index (χ4v) is 3.04. The van der Waals surface area contributed by atoms with Crippen LogP contribution < -0.4 is 0 Å². The average molecular weight is 387 g/mol. The number of hydrogen-bond acceptors (Lipinski definition) is 5. The first-order valence-corrected chi connectivity index (χ1v) is 9.53. The topological polar surface area (TPSA) is 72.9 Å². The molecule has 0 aromatic heterocycles. The third kappa shape index (κ3) is 6.22. The van der Waals surface area contributed by atoms with Crippen LogP contribution >= 0.6 is 0 Å². The van der Waals surface area contributed by atoms with Gasteiger partial charge >= 0.3 is 12.1 Å². The number of nitrogens with zero attached hydrogens (tertiary/aromatic N) is 1. The summed E-state index contributed by atoms with van der Waals surface area (Å²) >= 11 is 0. The Morgan fingerprint density at radius 1 is 1.25 bits per heavy atom. The number of carbonyl (C=O) groups excluding carboxylic acids is 3. The van der Waals surface area contributed by atoms with E-state index in [9.17, 15) is 14.4 Å². The largest absolute Gasteiger partial charge is 0.460 e. The summed E-state index contributed by atoms with van der Waals surface area (Å²) in [5.74, 6) is -0.963. The van der Waals surface area contributed by atoms with Gasteiger partial charge < -0.3 is 9.47 Å². The molecule has 1 fully saturated rings. The quantitative estimate of drug-likeness (QED) is 0.547. The lowest BCUT2D eigenvalue weighted by Gasteiger charge is -2.23. The van der Waals surface area contributed by atoms with Crippen LogP contribution in [0.25, 0.3) is 0 Å². The van der Waals surface area contributed by atoms with E-state index in [0.29, 0.717) is 6.42 Å². The van der Waals surface area contributed by atoms with Crippen molar-refractivity contribution in [3.8, 4) is 0 Å². The number of ether oxygens (including phenoxy) is 2. The van der Waals surface area contributed by atoms with Crippen LogP contribution in [0, 0.1) is 5.92 Å². The Morgan fingerprint density at radius 2 is 1.89 bits per heavy atom. The van der Waals surface area contributed by atoms with Crippen LogP contribution in [-0.2, 0) is 25.5 Å². The molecular formula is C22H29NO5. The second-order valence-corrected chi connectivity index (χ2v) is 8.29. The molecule has 6 heteroatoms. The summed E-state index contributed by atoms with van der Waals surface area (Å²) in [4.78, 5) is 38.8. The van der Waals surface area contributed by atoms with E-state index in [-0.39, 0.29) is 24.5 Å². The Kier molecular flexibility index (Phi) is 7.00. The molecule has 6 nitrogen and oxygen atoms in total. The second-order valence-electron chi connectivity index (χ2n) is 8.29. The summed E-state index contributed by atoms with van der Waals surface area (Å²) in [5, 5.41) is 0. The van der Waals surface area contributed by atoms with Gasteiger partial charge in [-0.2, -0.15) is 0 Å². The Hall–Kier alpha value is -2.63. The van der Waals surface area contributed by atoms with Gasteiger partial charge in [0.05, 0.1) is 12.5 Å². The molecule has 152 valence electrons. The SMILES string of the molecule is CC(C)/C=C(\CC(=O)OC(C)(C)C)C(=O)N1C(=O)OCC1Cc1ccccc1. The molecule has 0 saturated carbocycles. The lowest BCUT2D eigenvalue weighted by molar-refractivity contribution is -0.154. The van der Waals surface area contributed by atoms with Crippen LogP contribution in [0.4, 0.5) is 4.79 Å². The van der Waals surface area contributed by atoms with Crippen molar-refractivity contribution in [2.75, 3.05) is 6.61 Å². The molecule has 1 aromatic carbocycles. The highest BCUT2D eigenvalue weighted by Crippen LogP contribution is 2.23. The summed E-state index contributed by atoms with van der Waals surface area (Å²) in [5.41, 5.74) is 0.608. The molecule has 0 bridgehead atoms. The first-order valence-electron chi connectivity index (χ1n) is 9.53. The summed E-state index contributed by atoms with van der Waals surface area (Å²) in [6.45, 7) is 9.27. The van der Waals surface area contributed by atoms with E-state index >= 15 is 0 Å². The minimum atomic E-state index is -0.676. The molecule has 1 aliphatic heterocycles. The number of cyclic esters (lactones) is 1. The van der Waals surface area contributed by atoms with Crippen LogP contribution in [0.5, 0.6) is 0 Å². The highest BCUT2D eigenvalue weighted by atomic mass is 16.6. The normalized spacial score (nSPS) is 17.6. The third-order valence-electron chi connectivity index (χ3n) is 4.06. The standard InChI is InChI=1S/C22H29NO5/c1-15(2)11-17(13-19(24)28-22(3,4)5)20(25)23-18(14-27-21(23)26)12-16-9-7-6-8-10-16/h6-11,15,18H,12-14H2,1-5H3/b17-11+. The predicted molar refractivity (Wildman–Crippen MR) is 106 cm³/mol. The van der Waals surface area contributed by atoms with E-state index in [1.807, 2.05) is 44.2 Å². The Labute approximate surface area is 166 Å². The Morgan fingerprint density at radius 3 is 2.46 bits per heavy atom. The van der Waals surface area contributed by atoms with Crippen molar-refractivity contribution < 1.29 is 23.9 Å². The monoisotopic (exact) mass is 387 g/mol. The number of allylic oxidation sites excluding steroid dienone is 1. The number of amides is 2. The molecule has 1 aromatic rings. The fraction of sp³-hybridized carbons (Fsp3) is 0.500. The molecule has 2 amide bonds. The second kappa shape index (κ2) is 9.04. The number of esters is 1. The van der Waals surface area contributed by atoms with Gasteiger partial charge in [0.1, 0.15) is 12.2 Å². The molecule has 1 aliphatic rings. The summed E-state index contributed by atoms with van der Waals surface area (Å²) in [6.07, 6.45) is 1.34. The van der Waals surface area contributed by atoms with Gasteiger partial charge in [-0.05, 0) is 38.7 Å². The number of hydrogen-bond donors (Lipinski definition) is 0. The molecule has 1 saturated heterocycles. The van der Waals surface area contributed by atoms with Gasteiger partial charge in [-0.15, -0.1) is 0 Å². The van der Waals surface area contributed by atoms with Gasteiger partial charge in [-0.3, -0.25) is 9.59 Å². The van der Waals surface area contributed by atoms with Crippen molar-refractivity contribution in [2.24, 2.45) is 5.92 Å². The van der Waals surface area contributed by atoms with Gasteiger partial charge in [0.2, 0.25) is 0 Å². The van der Waals surface area contributed by atoms with Crippen LogP contribution in [-0.4, -0.2) is 41.1 Å². The average Bonchev–Trinajstić information content (AvgIpc) is 2.93. The minimum Gasteiger partial charge on any atom is -0.460 e. The minimum absolute atomic E-state index is 0.0348. The molecule has 1 atom stereocenters. The van der Waals surface area contributed by atoms with E-state index in [1.54, 1.807) is 26.8 Å². The molecule has 0 aliphatic carbocycles. The maximum absolute atomic E-state index is 13.1. The van der Waals surface area contributed by atoms with Crippen molar-refractivity contribution in [3.63, 3.8) is 0 Å². The van der Waals surface area contributed by atoms with Crippen LogP contribution in [0.15, 0.2) is 42.0 Å². The number of rotatable bonds is 6. The van der Waals surface area contributed by atoms with E-state index in [2.05, 4.69) is 0 Å². The summed E-state index contributed by atoms with van der Waals surface area (Å²) in [6, 6.07) is 9.20. The summed E-state index contributed by atoms with van der Waals surface area (Å²) in [7, 11) is 0. The molecule has 0 radical (unpaired) electrons. The van der Waals surface area contributed by atoms with Crippen molar-refractivity contribution in [1.82, 2.24) is 4.90 Å². The lowest BCUT2D eigenvalue weighted by Crippen LogP contribution is -2.41. The van der Waals surface area contributed by atoms with Crippen LogP contribution in [0.1, 0.15) is 46.6 Å². The van der Waals surface area contributed by atoms with Crippen LogP contribution in [0.2, 0.25) is 0 Å². The maximum atomic E-state index is 13.1. The molecular weight excluding hydrogens is 358 g/mol. The first kappa shape index (κ1) is 21.7. The highest BCUT2D eigenvalue weighted by Gasteiger charge is 2.39. The molecule has 0 spiro atoms. The predicted octanol–water partition coefficient (Wildman–Crippen LogP) is 3.89. The van der Waals surface area contributed by atoms with E-state index in [4.69, 9.17) is 9.47 Å². The lowest BCUT2D eigenvalue weighted by atomic mass is 10.0. The molecule has 0 N–H and O–H groups in total. The summed E-state index contributed by atoms with van der Waals surface area (Å²) < 4.78 is 10.5. The zero-order chi connectivity index (χ0) is 20.9. The number of benzene rings is 1. The van der Waals surface area contributed by atoms with Crippen molar-refractivity contribution >= 4 is 18.0 Å². The van der Waals surface area contributed by atoms with Crippen molar-refractivity contribution in [1.29, 1.82) is 0 Å². The van der Waals surface area contributed by atoms with Crippen LogP contribution in [0.3, 0.4) is 0 Å². The number of imide groups is 1. The molecule has 2 rings (SSSR count). The first-order chi connectivity index (χ1) is 13.1. The third-order valence-corrected chi connectivity index (χ3v) is 4.06. The van der Waals surface area contributed by atoms with E-state index < -0.39 is 29.6 Å². The van der Waals surface area contributed by atoms with Crippen molar-refractivity contribution in [3.05, 3.63) is 47.5 Å². The van der Waals surface area contributed by atoms with Gasteiger partial charge in [0, 0.05) is 5.57 Å². The zero-order valence-electron chi connectivity index (χ0n) is 17.2. The molecule has 1 heterocycles. The van der Waals surface area contributed by atoms with Crippen molar-refractivity contribution in [2.45, 2.75) is 59.1 Å². The number of carbonyl (C=O) groups is 3. The van der Waals surface area contributed by atoms with E-state index in [0.717, 1.165) is 10.5 Å². The zero-order valence-corrected chi connectivity index (χ0v) is 17.2. The highest BCUT2D eigenvalue weighted by molar-refractivity contribution is 6.05.